The molecular formula is C26H23Cl2N3O3S. The Labute approximate surface area is 218 Å². The molecule has 1 atom stereocenters. The highest BCUT2D eigenvalue weighted by Crippen LogP contribution is 2.32. The predicted molar refractivity (Wildman–Crippen MR) is 145 cm³/mol. The number of benzene rings is 3. The van der Waals surface area contributed by atoms with Crippen LogP contribution in [0, 0.1) is 0 Å². The number of carbonyl (C=O) groups is 1. The van der Waals surface area contributed by atoms with Crippen LogP contribution in [0.15, 0.2) is 59.0 Å². The molecule has 180 valence electrons. The van der Waals surface area contributed by atoms with E-state index in [-0.39, 0.29) is 10.7 Å². The van der Waals surface area contributed by atoms with Crippen LogP contribution in [0.25, 0.3) is 22.6 Å². The molecule has 1 amide bonds. The minimum absolute atomic E-state index is 0.0619. The molecule has 0 radical (unpaired) electrons. The Morgan fingerprint density at radius 3 is 2.69 bits per heavy atom. The predicted octanol–water partition coefficient (Wildman–Crippen LogP) is 7.45. The summed E-state index contributed by atoms with van der Waals surface area (Å²) in [5.41, 5.74) is 4.18. The molecule has 0 bridgehead atoms. The quantitative estimate of drug-likeness (QED) is 0.253. The van der Waals surface area contributed by atoms with E-state index < -0.39 is 5.91 Å². The van der Waals surface area contributed by atoms with Gasteiger partial charge >= 0.3 is 0 Å². The highest BCUT2D eigenvalue weighted by Gasteiger charge is 2.16. The van der Waals surface area contributed by atoms with Crippen molar-refractivity contribution in [1.82, 2.24) is 10.3 Å². The third-order valence-corrected chi connectivity index (χ3v) is 6.46. The Hall–Kier alpha value is -3.13. The second-order valence-corrected chi connectivity index (χ2v) is 9.25. The fourth-order valence-corrected chi connectivity index (χ4v) is 4.09. The first-order valence-electron chi connectivity index (χ1n) is 10.9. The number of anilines is 1. The van der Waals surface area contributed by atoms with E-state index in [1.165, 1.54) is 18.7 Å². The second kappa shape index (κ2) is 10.6. The summed E-state index contributed by atoms with van der Waals surface area (Å²) in [6.07, 6.45) is 1.04. The van der Waals surface area contributed by atoms with Gasteiger partial charge in [-0.25, -0.2) is 4.98 Å². The summed E-state index contributed by atoms with van der Waals surface area (Å²) in [5, 5.41) is 6.47. The summed E-state index contributed by atoms with van der Waals surface area (Å²) < 4.78 is 11.2. The molecule has 0 aliphatic rings. The van der Waals surface area contributed by atoms with Gasteiger partial charge in [-0.3, -0.25) is 10.1 Å². The standard InChI is InChI=1S/C26H23Cl2N3O3S/c1-4-14(2)15-6-9-23-21(11-15)29-25(34-23)16-5-8-19(28)20(12-16)30-26(35)31-24(32)18-13-17(27)7-10-22(18)33-3/h5-14H,4H2,1-3H3,(H2,30,31,32,35). The van der Waals surface area contributed by atoms with E-state index in [9.17, 15) is 4.79 Å². The lowest BCUT2D eigenvalue weighted by molar-refractivity contribution is 0.0974. The molecule has 1 unspecified atom stereocenters. The minimum atomic E-state index is -0.467. The van der Waals surface area contributed by atoms with Gasteiger partial charge in [-0.05, 0) is 78.7 Å². The van der Waals surface area contributed by atoms with Crippen LogP contribution in [0.5, 0.6) is 5.75 Å². The summed E-state index contributed by atoms with van der Waals surface area (Å²) in [6.45, 7) is 4.34. The molecule has 1 heterocycles. The van der Waals surface area contributed by atoms with Gasteiger partial charge < -0.3 is 14.5 Å². The summed E-state index contributed by atoms with van der Waals surface area (Å²) >= 11 is 17.7. The second-order valence-electron chi connectivity index (χ2n) is 8.00. The monoisotopic (exact) mass is 527 g/mol. The molecule has 0 aliphatic heterocycles. The summed E-state index contributed by atoms with van der Waals surface area (Å²) in [6, 6.07) is 16.1. The molecule has 6 nitrogen and oxygen atoms in total. The van der Waals surface area contributed by atoms with Crippen LogP contribution in [0.4, 0.5) is 5.69 Å². The first-order valence-corrected chi connectivity index (χ1v) is 12.1. The van der Waals surface area contributed by atoms with Crippen LogP contribution >= 0.6 is 35.4 Å². The van der Waals surface area contributed by atoms with Crippen molar-refractivity contribution in [3.8, 4) is 17.2 Å². The summed E-state index contributed by atoms with van der Waals surface area (Å²) in [5.74, 6) is 0.806. The molecule has 4 rings (SSSR count). The maximum Gasteiger partial charge on any atom is 0.261 e. The number of fused-ring (bicyclic) bond motifs is 1. The number of thiocarbonyl (C=S) groups is 1. The van der Waals surface area contributed by atoms with Crippen molar-refractivity contribution in [2.75, 3.05) is 12.4 Å². The zero-order chi connectivity index (χ0) is 25.1. The van der Waals surface area contributed by atoms with Crippen LogP contribution in [-0.2, 0) is 0 Å². The van der Waals surface area contributed by atoms with Crippen LogP contribution in [0.2, 0.25) is 10.0 Å². The molecule has 2 N–H and O–H groups in total. The number of methoxy groups -OCH3 is 1. The Morgan fingerprint density at radius 2 is 1.94 bits per heavy atom. The topological polar surface area (TPSA) is 76.4 Å². The van der Waals surface area contributed by atoms with Gasteiger partial charge in [-0.1, -0.05) is 43.1 Å². The van der Waals surface area contributed by atoms with Crippen LogP contribution < -0.4 is 15.4 Å². The van der Waals surface area contributed by atoms with Gasteiger partial charge in [-0.15, -0.1) is 0 Å². The molecule has 35 heavy (non-hydrogen) atoms. The van der Waals surface area contributed by atoms with E-state index in [4.69, 9.17) is 44.6 Å². The van der Waals surface area contributed by atoms with Gasteiger partial charge in [-0.2, -0.15) is 0 Å². The molecule has 0 saturated heterocycles. The summed E-state index contributed by atoms with van der Waals surface area (Å²) in [4.78, 5) is 17.4. The Bertz CT molecular complexity index is 1420. The SMILES string of the molecule is CCC(C)c1ccc2oc(-c3ccc(Cl)c(NC(=S)NC(=O)c4cc(Cl)ccc4OC)c3)nc2c1. The Kier molecular flexibility index (Phi) is 7.60. The molecule has 4 aromatic rings. The van der Waals surface area contributed by atoms with Crippen molar-refractivity contribution in [2.24, 2.45) is 0 Å². The highest BCUT2D eigenvalue weighted by atomic mass is 35.5. The van der Waals surface area contributed by atoms with E-state index in [2.05, 4.69) is 41.6 Å². The fourth-order valence-electron chi connectivity index (χ4n) is 3.55. The number of ether oxygens (including phenoxy) is 1. The van der Waals surface area contributed by atoms with Crippen molar-refractivity contribution < 1.29 is 13.9 Å². The molecule has 0 aliphatic carbocycles. The van der Waals surface area contributed by atoms with Crippen LogP contribution in [-0.4, -0.2) is 23.1 Å². The summed E-state index contributed by atoms with van der Waals surface area (Å²) in [7, 11) is 1.47. The average molecular weight is 528 g/mol. The normalized spacial score (nSPS) is 11.8. The van der Waals surface area contributed by atoms with Gasteiger partial charge in [0.05, 0.1) is 23.4 Å². The lowest BCUT2D eigenvalue weighted by Gasteiger charge is -2.13. The van der Waals surface area contributed by atoms with E-state index >= 15 is 0 Å². The number of oxazole rings is 1. The molecule has 1 aromatic heterocycles. The first kappa shape index (κ1) is 25.0. The number of nitrogens with zero attached hydrogens (tertiary/aromatic N) is 1. The van der Waals surface area contributed by atoms with Gasteiger partial charge in [0.15, 0.2) is 10.7 Å². The van der Waals surface area contributed by atoms with E-state index in [0.717, 1.165) is 11.9 Å². The molecular weight excluding hydrogens is 505 g/mol. The Morgan fingerprint density at radius 1 is 1.14 bits per heavy atom. The molecule has 0 saturated carbocycles. The number of nitrogens with one attached hydrogen (secondary N) is 2. The van der Waals surface area contributed by atoms with Crippen LogP contribution in [0.1, 0.15) is 42.1 Å². The van der Waals surface area contributed by atoms with Crippen molar-refractivity contribution in [3.05, 3.63) is 75.8 Å². The number of hydrogen-bond acceptors (Lipinski definition) is 5. The van der Waals surface area contributed by atoms with Gasteiger partial charge in [0, 0.05) is 10.6 Å². The number of halogens is 2. The maximum absolute atomic E-state index is 12.7. The third kappa shape index (κ3) is 5.59. The van der Waals surface area contributed by atoms with E-state index in [1.807, 2.05) is 12.1 Å². The third-order valence-electron chi connectivity index (χ3n) is 5.69. The smallest absolute Gasteiger partial charge is 0.261 e. The molecule has 9 heteroatoms. The zero-order valence-electron chi connectivity index (χ0n) is 19.3. The van der Waals surface area contributed by atoms with Crippen molar-refractivity contribution in [1.29, 1.82) is 0 Å². The lowest BCUT2D eigenvalue weighted by Crippen LogP contribution is -2.34. The van der Waals surface area contributed by atoms with Crippen molar-refractivity contribution >= 4 is 63.2 Å². The van der Waals surface area contributed by atoms with E-state index in [0.29, 0.717) is 44.4 Å². The number of aromatic nitrogens is 1. The van der Waals surface area contributed by atoms with E-state index in [1.54, 1.807) is 24.3 Å². The highest BCUT2D eigenvalue weighted by molar-refractivity contribution is 7.80. The van der Waals surface area contributed by atoms with Gasteiger partial charge in [0.25, 0.3) is 5.91 Å². The number of amides is 1. The number of carbonyl (C=O) groups excluding carboxylic acids is 1. The maximum atomic E-state index is 12.7. The number of hydrogen-bond donors (Lipinski definition) is 2. The molecule has 0 fully saturated rings. The van der Waals surface area contributed by atoms with Crippen molar-refractivity contribution in [2.45, 2.75) is 26.2 Å². The van der Waals surface area contributed by atoms with Gasteiger partial charge in [0.2, 0.25) is 5.89 Å². The fraction of sp³-hybridized carbons (Fsp3) is 0.192. The Balaban J connectivity index is 1.54. The average Bonchev–Trinajstić information content (AvgIpc) is 3.28. The van der Waals surface area contributed by atoms with Gasteiger partial charge in [0.1, 0.15) is 11.3 Å². The van der Waals surface area contributed by atoms with Crippen molar-refractivity contribution in [3.63, 3.8) is 0 Å². The lowest BCUT2D eigenvalue weighted by atomic mass is 9.98. The largest absolute Gasteiger partial charge is 0.496 e. The van der Waals surface area contributed by atoms with Crippen LogP contribution in [0.3, 0.4) is 0 Å². The molecule has 3 aromatic carbocycles. The molecule has 0 spiro atoms. The minimum Gasteiger partial charge on any atom is -0.496 e. The number of rotatable bonds is 6. The first-order chi connectivity index (χ1) is 16.8. The zero-order valence-corrected chi connectivity index (χ0v) is 21.6.